The van der Waals surface area contributed by atoms with Gasteiger partial charge in [-0.2, -0.15) is 0 Å². The fraction of sp³-hybridized carbons (Fsp3) is 0.333. The lowest BCUT2D eigenvalue weighted by atomic mass is 9.91. The zero-order chi connectivity index (χ0) is 14.8. The quantitative estimate of drug-likeness (QED) is 0.937. The average molecular weight is 286 g/mol. The zero-order valence-electron chi connectivity index (χ0n) is 12.1. The van der Waals surface area contributed by atoms with E-state index >= 15 is 0 Å². The lowest BCUT2D eigenvalue weighted by Crippen LogP contribution is -2.28. The monoisotopic (exact) mass is 286 g/mol. The van der Waals surface area contributed by atoms with Crippen LogP contribution >= 0.6 is 0 Å². The first-order chi connectivity index (χ1) is 10.1. The minimum atomic E-state index is -0.674. The molecule has 1 aliphatic heterocycles. The number of fused-ring (bicyclic) bond motifs is 1. The van der Waals surface area contributed by atoms with Crippen molar-refractivity contribution in [2.24, 2.45) is 0 Å². The number of ether oxygens (including phenoxy) is 1. The van der Waals surface area contributed by atoms with Gasteiger partial charge in [0.2, 0.25) is 0 Å². The first-order valence-electron chi connectivity index (χ1n) is 7.27. The third-order valence-electron chi connectivity index (χ3n) is 4.12. The van der Waals surface area contributed by atoms with E-state index in [9.17, 15) is 9.50 Å². The molecule has 0 saturated heterocycles. The summed E-state index contributed by atoms with van der Waals surface area (Å²) in [5.74, 6) is -0.271. The van der Waals surface area contributed by atoms with Crippen LogP contribution in [-0.2, 0) is 17.6 Å². The lowest BCUT2D eigenvalue weighted by molar-refractivity contribution is -0.0461. The average Bonchev–Trinajstić information content (AvgIpc) is 2.50. The molecule has 1 N–H and O–H groups in total. The van der Waals surface area contributed by atoms with Gasteiger partial charge in [0.05, 0.1) is 12.7 Å². The summed E-state index contributed by atoms with van der Waals surface area (Å²) in [6, 6.07) is 12.7. The topological polar surface area (TPSA) is 29.5 Å². The molecule has 0 fully saturated rings. The van der Waals surface area contributed by atoms with Gasteiger partial charge in [0.15, 0.2) is 0 Å². The molecule has 0 bridgehead atoms. The highest BCUT2D eigenvalue weighted by molar-refractivity contribution is 5.33. The second-order valence-corrected chi connectivity index (χ2v) is 5.58. The molecular weight excluding hydrogens is 267 g/mol. The first kappa shape index (κ1) is 14.2. The minimum absolute atomic E-state index is 0.271. The van der Waals surface area contributed by atoms with E-state index in [4.69, 9.17) is 4.74 Å². The third-order valence-corrected chi connectivity index (χ3v) is 4.12. The highest BCUT2D eigenvalue weighted by atomic mass is 19.1. The van der Waals surface area contributed by atoms with Gasteiger partial charge >= 0.3 is 0 Å². The second kappa shape index (κ2) is 5.96. The van der Waals surface area contributed by atoms with Crippen LogP contribution in [0.25, 0.3) is 0 Å². The van der Waals surface area contributed by atoms with Crippen LogP contribution in [0.3, 0.4) is 0 Å². The Morgan fingerprint density at radius 3 is 2.95 bits per heavy atom. The molecule has 1 aliphatic rings. The van der Waals surface area contributed by atoms with E-state index in [2.05, 4.69) is 6.07 Å². The van der Waals surface area contributed by atoms with Crippen LogP contribution in [0.15, 0.2) is 42.5 Å². The summed E-state index contributed by atoms with van der Waals surface area (Å²) >= 11 is 0. The molecule has 2 unspecified atom stereocenters. The maximum Gasteiger partial charge on any atom is 0.123 e. The van der Waals surface area contributed by atoms with Crippen molar-refractivity contribution in [1.29, 1.82) is 0 Å². The Kier molecular flexibility index (Phi) is 4.04. The Labute approximate surface area is 124 Å². The van der Waals surface area contributed by atoms with Gasteiger partial charge in [0.25, 0.3) is 0 Å². The summed E-state index contributed by atoms with van der Waals surface area (Å²) < 4.78 is 19.1. The van der Waals surface area contributed by atoms with Crippen LogP contribution in [0.5, 0.6) is 0 Å². The molecule has 0 spiro atoms. The number of aliphatic hydroxyl groups is 1. The molecule has 0 saturated carbocycles. The van der Waals surface area contributed by atoms with E-state index in [0.717, 1.165) is 23.1 Å². The third kappa shape index (κ3) is 2.99. The molecule has 0 aromatic heterocycles. The van der Waals surface area contributed by atoms with Gasteiger partial charge in [-0.3, -0.25) is 0 Å². The smallest absolute Gasteiger partial charge is 0.123 e. The summed E-state index contributed by atoms with van der Waals surface area (Å²) in [6.07, 6.45) is 0.255. The lowest BCUT2D eigenvalue weighted by Gasteiger charge is -2.30. The maximum atomic E-state index is 13.4. The number of benzene rings is 2. The Hall–Kier alpha value is -1.71. The fourth-order valence-corrected chi connectivity index (χ4v) is 2.94. The van der Waals surface area contributed by atoms with Crippen molar-refractivity contribution >= 4 is 0 Å². The molecule has 0 amide bonds. The van der Waals surface area contributed by atoms with E-state index in [1.807, 2.05) is 25.1 Å². The summed E-state index contributed by atoms with van der Waals surface area (Å²) in [4.78, 5) is 0. The van der Waals surface area contributed by atoms with Crippen molar-refractivity contribution in [2.75, 3.05) is 6.61 Å². The van der Waals surface area contributed by atoms with Crippen molar-refractivity contribution in [2.45, 2.75) is 32.0 Å². The van der Waals surface area contributed by atoms with E-state index in [-0.39, 0.29) is 11.9 Å². The van der Waals surface area contributed by atoms with Crippen LogP contribution in [0.1, 0.15) is 28.4 Å². The Morgan fingerprint density at radius 2 is 2.10 bits per heavy atom. The van der Waals surface area contributed by atoms with Crippen LogP contribution in [0.4, 0.5) is 4.39 Å². The molecular formula is C18H19FO2. The Bertz CT molecular complexity index is 639. The summed E-state index contributed by atoms with van der Waals surface area (Å²) in [7, 11) is 0. The Balaban J connectivity index is 1.83. The van der Waals surface area contributed by atoms with Crippen molar-refractivity contribution in [3.63, 3.8) is 0 Å². The number of hydrogen-bond acceptors (Lipinski definition) is 2. The number of halogens is 1. The second-order valence-electron chi connectivity index (χ2n) is 5.58. The van der Waals surface area contributed by atoms with Crippen molar-refractivity contribution in [3.05, 3.63) is 70.5 Å². The predicted molar refractivity (Wildman–Crippen MR) is 79.7 cm³/mol. The summed E-state index contributed by atoms with van der Waals surface area (Å²) in [6.45, 7) is 2.54. The number of aliphatic hydroxyl groups excluding tert-OH is 1. The van der Waals surface area contributed by atoms with Crippen molar-refractivity contribution in [3.8, 4) is 0 Å². The molecule has 21 heavy (non-hydrogen) atoms. The molecule has 0 aliphatic carbocycles. The van der Waals surface area contributed by atoms with Crippen molar-refractivity contribution in [1.82, 2.24) is 0 Å². The molecule has 1 heterocycles. The van der Waals surface area contributed by atoms with Gasteiger partial charge in [-0.25, -0.2) is 4.39 Å². The molecule has 3 rings (SSSR count). The highest BCUT2D eigenvalue weighted by Crippen LogP contribution is 2.31. The van der Waals surface area contributed by atoms with E-state index in [1.165, 1.54) is 17.7 Å². The van der Waals surface area contributed by atoms with E-state index in [0.29, 0.717) is 13.0 Å². The van der Waals surface area contributed by atoms with Gasteiger partial charge < -0.3 is 9.84 Å². The van der Waals surface area contributed by atoms with Gasteiger partial charge in [0.1, 0.15) is 11.9 Å². The van der Waals surface area contributed by atoms with Crippen LogP contribution in [0, 0.1) is 12.7 Å². The molecule has 0 radical (unpaired) electrons. The molecule has 2 aromatic carbocycles. The van der Waals surface area contributed by atoms with Crippen molar-refractivity contribution < 1.29 is 14.2 Å². The number of aryl methyl sites for hydroxylation is 1. The standard InChI is InChI=1S/C18H19FO2/c1-12-6-7-15(19)10-14(12)11-17(20)18-16-5-3-2-4-13(16)8-9-21-18/h2-7,10,17-18,20H,8-9,11H2,1H3. The summed E-state index contributed by atoms with van der Waals surface area (Å²) in [5.41, 5.74) is 4.09. The van der Waals surface area contributed by atoms with E-state index in [1.54, 1.807) is 6.07 Å². The van der Waals surface area contributed by atoms with Crippen LogP contribution in [0.2, 0.25) is 0 Å². The van der Waals surface area contributed by atoms with Crippen LogP contribution < -0.4 is 0 Å². The maximum absolute atomic E-state index is 13.4. The summed E-state index contributed by atoms with van der Waals surface area (Å²) in [5, 5.41) is 10.5. The van der Waals surface area contributed by atoms with Crippen LogP contribution in [-0.4, -0.2) is 17.8 Å². The van der Waals surface area contributed by atoms with Gasteiger partial charge in [-0.05, 0) is 47.7 Å². The van der Waals surface area contributed by atoms with Gasteiger partial charge in [-0.1, -0.05) is 30.3 Å². The zero-order valence-corrected chi connectivity index (χ0v) is 12.1. The Morgan fingerprint density at radius 1 is 1.29 bits per heavy atom. The molecule has 2 aromatic rings. The normalized spacial score (nSPS) is 19.1. The SMILES string of the molecule is Cc1ccc(F)cc1CC(O)C1OCCc2ccccc21. The predicted octanol–water partition coefficient (Wildman–Crippen LogP) is 3.35. The molecule has 2 atom stereocenters. The molecule has 2 nitrogen and oxygen atoms in total. The number of rotatable bonds is 3. The molecule has 110 valence electrons. The molecule has 3 heteroatoms. The minimum Gasteiger partial charge on any atom is -0.390 e. The van der Waals surface area contributed by atoms with Gasteiger partial charge in [-0.15, -0.1) is 0 Å². The largest absolute Gasteiger partial charge is 0.390 e. The highest BCUT2D eigenvalue weighted by Gasteiger charge is 2.27. The van der Waals surface area contributed by atoms with Gasteiger partial charge in [0, 0.05) is 6.42 Å². The fourth-order valence-electron chi connectivity index (χ4n) is 2.94. The van der Waals surface area contributed by atoms with E-state index < -0.39 is 6.10 Å². The first-order valence-corrected chi connectivity index (χ1v) is 7.27. The number of hydrogen-bond donors (Lipinski definition) is 1.